The van der Waals surface area contributed by atoms with E-state index in [0.29, 0.717) is 16.3 Å². The Kier molecular flexibility index (Phi) is 2.33. The zero-order valence-electron chi connectivity index (χ0n) is 7.12. The van der Waals surface area contributed by atoms with Crippen molar-refractivity contribution in [1.29, 1.82) is 0 Å². The van der Waals surface area contributed by atoms with Gasteiger partial charge < -0.3 is 5.11 Å². The summed E-state index contributed by atoms with van der Waals surface area (Å²) in [7, 11) is 0. The van der Waals surface area contributed by atoms with Gasteiger partial charge in [-0.15, -0.1) is 11.3 Å². The third kappa shape index (κ3) is 1.55. The highest BCUT2D eigenvalue weighted by Gasteiger charge is 2.32. The van der Waals surface area contributed by atoms with Crippen molar-refractivity contribution in [1.82, 2.24) is 0 Å². The Morgan fingerprint density at radius 1 is 1.71 bits per heavy atom. The molecule has 2 rings (SSSR count). The number of hydrogen-bond acceptors (Lipinski definition) is 3. The first kappa shape index (κ1) is 9.68. The summed E-state index contributed by atoms with van der Waals surface area (Å²) in [5, 5.41) is 8.65. The van der Waals surface area contributed by atoms with Gasteiger partial charge in [-0.25, -0.2) is 0 Å². The van der Waals surface area contributed by atoms with Crippen molar-refractivity contribution in [2.45, 2.75) is 18.8 Å². The summed E-state index contributed by atoms with van der Waals surface area (Å²) in [6, 6.07) is 1.63. The third-order valence-electron chi connectivity index (χ3n) is 2.25. The van der Waals surface area contributed by atoms with E-state index in [-0.39, 0.29) is 18.1 Å². The zero-order valence-corrected chi connectivity index (χ0v) is 8.69. The molecule has 0 bridgehead atoms. The lowest BCUT2D eigenvalue weighted by Gasteiger charge is -2.03. The van der Waals surface area contributed by atoms with Crippen LogP contribution in [0.4, 0.5) is 0 Å². The van der Waals surface area contributed by atoms with E-state index >= 15 is 0 Å². The van der Waals surface area contributed by atoms with E-state index in [1.807, 2.05) is 0 Å². The van der Waals surface area contributed by atoms with E-state index in [2.05, 4.69) is 0 Å². The average Bonchev–Trinajstić information content (AvgIpc) is 2.54. The highest BCUT2D eigenvalue weighted by Crippen LogP contribution is 2.42. The molecule has 14 heavy (non-hydrogen) atoms. The van der Waals surface area contributed by atoms with Gasteiger partial charge in [0, 0.05) is 22.8 Å². The molecule has 1 heterocycles. The molecule has 0 aromatic carbocycles. The standard InChI is InChI=1S/C9H7ClO3S/c10-7-3-5-6(11)1-4(2-8(12)13)9(5)14-7/h3-4H,1-2H2,(H,12,13). The fraction of sp³-hybridized carbons (Fsp3) is 0.333. The average molecular weight is 231 g/mol. The highest BCUT2D eigenvalue weighted by atomic mass is 35.5. The molecule has 0 saturated carbocycles. The van der Waals surface area contributed by atoms with Crippen LogP contribution in [0.2, 0.25) is 4.34 Å². The van der Waals surface area contributed by atoms with Crippen LogP contribution in [0.15, 0.2) is 6.07 Å². The molecule has 74 valence electrons. The van der Waals surface area contributed by atoms with E-state index in [1.54, 1.807) is 6.07 Å². The molecule has 1 atom stereocenters. The molecule has 0 aliphatic heterocycles. The molecule has 5 heteroatoms. The second-order valence-electron chi connectivity index (χ2n) is 3.25. The Balaban J connectivity index is 2.33. The summed E-state index contributed by atoms with van der Waals surface area (Å²) < 4.78 is 0.554. The maximum absolute atomic E-state index is 11.4. The fourth-order valence-corrected chi connectivity index (χ4v) is 3.06. The normalized spacial score (nSPS) is 19.8. The predicted molar refractivity (Wildman–Crippen MR) is 53.3 cm³/mol. The van der Waals surface area contributed by atoms with Crippen molar-refractivity contribution in [3.05, 3.63) is 20.8 Å². The van der Waals surface area contributed by atoms with E-state index in [1.165, 1.54) is 11.3 Å². The predicted octanol–water partition coefficient (Wildman–Crippen LogP) is 2.55. The van der Waals surface area contributed by atoms with Gasteiger partial charge in [-0.05, 0) is 6.07 Å². The molecule has 0 amide bonds. The second-order valence-corrected chi connectivity index (χ2v) is 4.97. The molecule has 3 nitrogen and oxygen atoms in total. The molecule has 0 spiro atoms. The van der Waals surface area contributed by atoms with Crippen LogP contribution in [0.5, 0.6) is 0 Å². The number of ketones is 1. The van der Waals surface area contributed by atoms with E-state index in [4.69, 9.17) is 16.7 Å². The van der Waals surface area contributed by atoms with Crippen molar-refractivity contribution in [3.8, 4) is 0 Å². The molecule has 1 aliphatic rings. The molecule has 0 saturated heterocycles. The molecule has 1 unspecified atom stereocenters. The van der Waals surface area contributed by atoms with Gasteiger partial charge in [-0.1, -0.05) is 11.6 Å². The van der Waals surface area contributed by atoms with Crippen LogP contribution in [0.1, 0.15) is 34.0 Å². The SMILES string of the molecule is O=C(O)CC1CC(=O)c2cc(Cl)sc21. The fourth-order valence-electron chi connectivity index (χ4n) is 1.70. The number of carbonyl (C=O) groups is 2. The summed E-state index contributed by atoms with van der Waals surface area (Å²) in [6.07, 6.45) is 0.320. The lowest BCUT2D eigenvalue weighted by atomic mass is 10.1. The number of aliphatic carboxylic acids is 1. The summed E-state index contributed by atoms with van der Waals surface area (Å²) in [5.74, 6) is -1.04. The van der Waals surface area contributed by atoms with Gasteiger partial charge in [0.05, 0.1) is 10.8 Å². The number of carboxylic acids is 1. The lowest BCUT2D eigenvalue weighted by molar-refractivity contribution is -0.137. The number of rotatable bonds is 2. The smallest absolute Gasteiger partial charge is 0.304 e. The molecule has 1 aromatic heterocycles. The van der Waals surface area contributed by atoms with Gasteiger partial charge in [0.2, 0.25) is 0 Å². The number of halogens is 1. The van der Waals surface area contributed by atoms with E-state index in [9.17, 15) is 9.59 Å². The minimum absolute atomic E-state index is 0.00870. The van der Waals surface area contributed by atoms with Gasteiger partial charge in [-0.2, -0.15) is 0 Å². The second kappa shape index (κ2) is 3.37. The van der Waals surface area contributed by atoms with Crippen LogP contribution in [0, 0.1) is 0 Å². The van der Waals surface area contributed by atoms with Crippen LogP contribution < -0.4 is 0 Å². The maximum atomic E-state index is 11.4. The van der Waals surface area contributed by atoms with Crippen molar-refractivity contribution in [2.24, 2.45) is 0 Å². The van der Waals surface area contributed by atoms with E-state index in [0.717, 1.165) is 4.88 Å². The summed E-state index contributed by atoms with van der Waals surface area (Å²) >= 11 is 7.08. The minimum atomic E-state index is -0.875. The Hall–Kier alpha value is -0.870. The van der Waals surface area contributed by atoms with Gasteiger partial charge in [0.1, 0.15) is 0 Å². The number of hydrogen-bond donors (Lipinski definition) is 1. The van der Waals surface area contributed by atoms with Crippen LogP contribution in [0.3, 0.4) is 0 Å². The molecular formula is C9H7ClO3S. The number of Topliss-reactive ketones (excluding diaryl/α,β-unsaturated/α-hetero) is 1. The highest BCUT2D eigenvalue weighted by molar-refractivity contribution is 7.16. The first-order valence-electron chi connectivity index (χ1n) is 4.12. The van der Waals surface area contributed by atoms with Gasteiger partial charge in [-0.3, -0.25) is 9.59 Å². The molecular weight excluding hydrogens is 224 g/mol. The molecule has 1 aromatic rings. The summed E-state index contributed by atoms with van der Waals surface area (Å²) in [6.45, 7) is 0. The number of carbonyl (C=O) groups excluding carboxylic acids is 1. The maximum Gasteiger partial charge on any atom is 0.304 e. The molecule has 0 radical (unpaired) electrons. The van der Waals surface area contributed by atoms with Gasteiger partial charge in [0.25, 0.3) is 0 Å². The Labute approximate surface area is 89.3 Å². The third-order valence-corrected chi connectivity index (χ3v) is 3.68. The zero-order chi connectivity index (χ0) is 10.3. The first-order valence-corrected chi connectivity index (χ1v) is 5.31. The van der Waals surface area contributed by atoms with Gasteiger partial charge in [0.15, 0.2) is 5.78 Å². The summed E-state index contributed by atoms with van der Waals surface area (Å²) in [5.41, 5.74) is 0.617. The van der Waals surface area contributed by atoms with E-state index < -0.39 is 5.97 Å². The quantitative estimate of drug-likeness (QED) is 0.850. The van der Waals surface area contributed by atoms with Crippen LogP contribution in [-0.4, -0.2) is 16.9 Å². The van der Waals surface area contributed by atoms with Gasteiger partial charge >= 0.3 is 5.97 Å². The number of thiophene rings is 1. The Bertz CT molecular complexity index is 410. The van der Waals surface area contributed by atoms with Crippen molar-refractivity contribution >= 4 is 34.7 Å². The monoisotopic (exact) mass is 230 g/mol. The largest absolute Gasteiger partial charge is 0.481 e. The Morgan fingerprint density at radius 3 is 3.07 bits per heavy atom. The number of fused-ring (bicyclic) bond motifs is 1. The molecule has 1 N–H and O–H groups in total. The van der Waals surface area contributed by atoms with Crippen molar-refractivity contribution < 1.29 is 14.7 Å². The minimum Gasteiger partial charge on any atom is -0.481 e. The van der Waals surface area contributed by atoms with Crippen molar-refractivity contribution in [3.63, 3.8) is 0 Å². The lowest BCUT2D eigenvalue weighted by Crippen LogP contribution is -2.02. The first-order chi connectivity index (χ1) is 6.58. The molecule has 0 fully saturated rings. The van der Waals surface area contributed by atoms with Crippen molar-refractivity contribution in [2.75, 3.05) is 0 Å². The van der Waals surface area contributed by atoms with Crippen LogP contribution in [0.25, 0.3) is 0 Å². The summed E-state index contributed by atoms with van der Waals surface area (Å²) in [4.78, 5) is 22.8. The molecule has 1 aliphatic carbocycles. The topological polar surface area (TPSA) is 54.4 Å². The van der Waals surface area contributed by atoms with Crippen LogP contribution in [-0.2, 0) is 4.79 Å². The number of carboxylic acid groups (broad SMARTS) is 1. The Morgan fingerprint density at radius 2 is 2.43 bits per heavy atom. The van der Waals surface area contributed by atoms with Crippen LogP contribution >= 0.6 is 22.9 Å².